The normalized spacial score (nSPS) is 12.9. The first-order valence-electron chi connectivity index (χ1n) is 9.47. The maximum absolute atomic E-state index is 15.5. The van der Waals surface area contributed by atoms with Crippen LogP contribution >= 0.6 is 0 Å². The van der Waals surface area contributed by atoms with Gasteiger partial charge in [0.1, 0.15) is 29.0 Å². The van der Waals surface area contributed by atoms with Crippen molar-refractivity contribution in [1.29, 1.82) is 0 Å². The predicted molar refractivity (Wildman–Crippen MR) is 120 cm³/mol. The second-order valence-electron chi connectivity index (χ2n) is 6.96. The second kappa shape index (κ2) is 8.58. The molecule has 0 saturated heterocycles. The molecule has 0 radical (unpaired) electrons. The van der Waals surface area contributed by atoms with E-state index >= 15 is 4.39 Å². The number of halogens is 4. The maximum Gasteiger partial charge on any atom is 0.159 e. The van der Waals surface area contributed by atoms with Crippen LogP contribution < -0.4 is 10.0 Å². The Labute approximate surface area is 186 Å². The molecule has 2 aromatic carbocycles. The highest BCUT2D eigenvalue weighted by Gasteiger charge is 2.24. The Kier molecular flexibility index (Phi) is 5.81. The van der Waals surface area contributed by atoms with Crippen molar-refractivity contribution in [1.82, 2.24) is 15.2 Å². The monoisotopic (exact) mass is 475 g/mol. The quantitative estimate of drug-likeness (QED) is 0.275. The van der Waals surface area contributed by atoms with Crippen LogP contribution in [0.15, 0.2) is 59.8 Å². The first-order chi connectivity index (χ1) is 15.7. The Hall–Kier alpha value is -3.86. The lowest BCUT2D eigenvalue weighted by molar-refractivity contribution is 0.572. The van der Waals surface area contributed by atoms with Crippen LogP contribution in [0.25, 0.3) is 22.4 Å². The van der Waals surface area contributed by atoms with Gasteiger partial charge in [-0.25, -0.2) is 26.8 Å². The third-order valence-corrected chi connectivity index (χ3v) is 6.39. The summed E-state index contributed by atoms with van der Waals surface area (Å²) in [6.45, 7) is 0. The number of benzene rings is 2. The van der Waals surface area contributed by atoms with Gasteiger partial charge in [-0.05, 0) is 53.9 Å². The van der Waals surface area contributed by atoms with Crippen LogP contribution in [-0.2, 0) is 9.71 Å². The van der Waals surface area contributed by atoms with E-state index in [0.717, 1.165) is 24.3 Å². The molecule has 0 aliphatic rings. The summed E-state index contributed by atoms with van der Waals surface area (Å²) in [4.78, 5) is 3.53. The molecule has 2 aromatic heterocycles. The number of anilines is 2. The van der Waals surface area contributed by atoms with Crippen molar-refractivity contribution in [3.63, 3.8) is 0 Å². The van der Waals surface area contributed by atoms with E-state index in [0.29, 0.717) is 23.0 Å². The molecule has 2 heterocycles. The van der Waals surface area contributed by atoms with Crippen LogP contribution in [0, 0.1) is 23.3 Å². The zero-order chi connectivity index (χ0) is 23.8. The summed E-state index contributed by atoms with van der Waals surface area (Å²) in [6, 6.07) is 7.59. The van der Waals surface area contributed by atoms with Crippen molar-refractivity contribution in [2.75, 3.05) is 17.1 Å². The van der Waals surface area contributed by atoms with Crippen molar-refractivity contribution in [2.24, 2.45) is 0 Å². The van der Waals surface area contributed by atoms with Crippen LogP contribution in [0.2, 0.25) is 0 Å². The summed E-state index contributed by atoms with van der Waals surface area (Å²) < 4.78 is 73.2. The number of H-pyrrole nitrogens is 1. The fourth-order valence-corrected chi connectivity index (χ4v) is 4.56. The highest BCUT2D eigenvalue weighted by molar-refractivity contribution is 8.01. The molecule has 4 rings (SSSR count). The summed E-state index contributed by atoms with van der Waals surface area (Å²) in [6.07, 6.45) is 2.99. The minimum atomic E-state index is -3.73. The summed E-state index contributed by atoms with van der Waals surface area (Å²) in [5.74, 6) is 0.0394. The third-order valence-electron chi connectivity index (χ3n) is 4.82. The van der Waals surface area contributed by atoms with Crippen LogP contribution in [0.4, 0.5) is 29.1 Å². The Bertz CT molecular complexity index is 1450. The number of hydrogen-bond donors (Lipinski definition) is 3. The van der Waals surface area contributed by atoms with Gasteiger partial charge < -0.3 is 10.0 Å². The molecule has 0 bridgehead atoms. The van der Waals surface area contributed by atoms with Crippen molar-refractivity contribution < 1.29 is 21.8 Å². The van der Waals surface area contributed by atoms with E-state index in [1.165, 1.54) is 12.4 Å². The van der Waals surface area contributed by atoms with E-state index in [-0.39, 0.29) is 5.69 Å². The van der Waals surface area contributed by atoms with E-state index in [2.05, 4.69) is 31.1 Å². The standard InChI is InChI=1S/C22H17F4N5OS/c1-27-19-9-12(7-8-28-19)14-11-29-30-22(14)20-16(25)5-6-17(21(20)26)31-33(2,32)18-10-13(23)3-4-15(18)24/h3-11H,2H2,1H3,(H,27,28)(H,29,30)(H,31,32). The summed E-state index contributed by atoms with van der Waals surface area (Å²) in [5.41, 5.74) is -0.00790. The van der Waals surface area contributed by atoms with Crippen molar-refractivity contribution in [3.8, 4) is 22.4 Å². The molecule has 0 amide bonds. The second-order valence-corrected chi connectivity index (χ2v) is 8.96. The van der Waals surface area contributed by atoms with Gasteiger partial charge in [-0.2, -0.15) is 5.10 Å². The minimum Gasteiger partial charge on any atom is -0.373 e. The number of nitrogens with one attached hydrogen (secondary N) is 3. The first kappa shape index (κ1) is 22.3. The average molecular weight is 475 g/mol. The van der Waals surface area contributed by atoms with E-state index in [4.69, 9.17) is 0 Å². The van der Waals surface area contributed by atoms with Crippen molar-refractivity contribution in [2.45, 2.75) is 4.90 Å². The van der Waals surface area contributed by atoms with Gasteiger partial charge in [0.15, 0.2) is 5.82 Å². The van der Waals surface area contributed by atoms with Gasteiger partial charge in [0.25, 0.3) is 0 Å². The maximum atomic E-state index is 15.5. The van der Waals surface area contributed by atoms with Crippen LogP contribution in [0.3, 0.4) is 0 Å². The summed E-state index contributed by atoms with van der Waals surface area (Å²) in [7, 11) is -2.06. The van der Waals surface area contributed by atoms with Gasteiger partial charge in [-0.15, -0.1) is 0 Å². The molecule has 33 heavy (non-hydrogen) atoms. The Balaban J connectivity index is 1.80. The Morgan fingerprint density at radius 2 is 1.79 bits per heavy atom. The molecule has 6 nitrogen and oxygen atoms in total. The number of aromatic nitrogens is 3. The molecule has 170 valence electrons. The van der Waals surface area contributed by atoms with Crippen molar-refractivity contribution >= 4 is 27.1 Å². The average Bonchev–Trinajstić information content (AvgIpc) is 3.27. The fraction of sp³-hybridized carbons (Fsp3) is 0.0455. The number of aromatic amines is 1. The number of pyridine rings is 1. The van der Waals surface area contributed by atoms with Crippen LogP contribution in [0.5, 0.6) is 0 Å². The van der Waals surface area contributed by atoms with E-state index in [1.54, 1.807) is 19.2 Å². The molecule has 0 spiro atoms. The smallest absolute Gasteiger partial charge is 0.159 e. The fourth-order valence-electron chi connectivity index (χ4n) is 3.25. The molecule has 4 aromatic rings. The molecule has 3 N–H and O–H groups in total. The molecule has 0 fully saturated rings. The van der Waals surface area contributed by atoms with E-state index < -0.39 is 49.1 Å². The van der Waals surface area contributed by atoms with Crippen LogP contribution in [-0.4, -0.2) is 32.3 Å². The largest absolute Gasteiger partial charge is 0.373 e. The SMILES string of the molecule is C=S(=O)(Nc1ccc(F)c(-c2n[nH]cc2-c2ccnc(NC)c2)c1F)c1cc(F)ccc1F. The lowest BCUT2D eigenvalue weighted by atomic mass is 10.0. The van der Waals surface area contributed by atoms with Gasteiger partial charge >= 0.3 is 0 Å². The first-order valence-corrected chi connectivity index (χ1v) is 11.2. The summed E-state index contributed by atoms with van der Waals surface area (Å²) in [5, 5.41) is 9.46. The molecule has 0 aliphatic carbocycles. The number of rotatable bonds is 6. The van der Waals surface area contributed by atoms with Gasteiger partial charge in [0.2, 0.25) is 0 Å². The number of hydrogen-bond acceptors (Lipinski definition) is 4. The lowest BCUT2D eigenvalue weighted by Gasteiger charge is -2.16. The summed E-state index contributed by atoms with van der Waals surface area (Å²) >= 11 is 0. The molecular weight excluding hydrogens is 458 g/mol. The Morgan fingerprint density at radius 3 is 2.55 bits per heavy atom. The highest BCUT2D eigenvalue weighted by atomic mass is 32.2. The Morgan fingerprint density at radius 1 is 1.03 bits per heavy atom. The molecule has 0 saturated carbocycles. The van der Waals surface area contributed by atoms with Crippen molar-refractivity contribution in [3.05, 3.63) is 78.1 Å². The van der Waals surface area contributed by atoms with Gasteiger partial charge in [0.05, 0.1) is 25.9 Å². The number of nitrogens with zero attached hydrogens (tertiary/aromatic N) is 2. The molecule has 11 heteroatoms. The minimum absolute atomic E-state index is 0.0469. The van der Waals surface area contributed by atoms with Crippen LogP contribution in [0.1, 0.15) is 0 Å². The lowest BCUT2D eigenvalue weighted by Crippen LogP contribution is -2.16. The molecule has 1 unspecified atom stereocenters. The zero-order valence-electron chi connectivity index (χ0n) is 17.1. The third kappa shape index (κ3) is 4.27. The van der Waals surface area contributed by atoms with E-state index in [9.17, 15) is 17.4 Å². The van der Waals surface area contributed by atoms with Gasteiger partial charge in [0, 0.05) is 25.0 Å². The highest BCUT2D eigenvalue weighted by Crippen LogP contribution is 2.36. The zero-order valence-corrected chi connectivity index (χ0v) is 17.9. The molecular formula is C22H17F4N5OS. The van der Waals surface area contributed by atoms with E-state index in [1.807, 2.05) is 0 Å². The predicted octanol–water partition coefficient (Wildman–Crippen LogP) is 4.84. The molecule has 1 atom stereocenters. The molecule has 0 aliphatic heterocycles. The topological polar surface area (TPSA) is 82.7 Å². The van der Waals surface area contributed by atoms with Gasteiger partial charge in [-0.3, -0.25) is 5.10 Å². The van der Waals surface area contributed by atoms with Gasteiger partial charge in [-0.1, -0.05) is 0 Å².